The second kappa shape index (κ2) is 6.79. The lowest BCUT2D eigenvalue weighted by Gasteiger charge is -2.17. The minimum Gasteiger partial charge on any atom is -0.349 e. The molecule has 1 amide bonds. The first-order valence-corrected chi connectivity index (χ1v) is 6.67. The maximum atomic E-state index is 13.0. The fourth-order valence-electron chi connectivity index (χ4n) is 2.12. The van der Waals surface area contributed by atoms with Gasteiger partial charge in [-0.15, -0.1) is 0 Å². The fourth-order valence-corrected chi connectivity index (χ4v) is 2.12. The predicted octanol–water partition coefficient (Wildman–Crippen LogP) is 3.28. The Labute approximate surface area is 122 Å². The summed E-state index contributed by atoms with van der Waals surface area (Å²) in [5.41, 5.74) is 1.30. The summed E-state index contributed by atoms with van der Waals surface area (Å²) in [6.45, 7) is 1.39. The molecule has 108 valence electrons. The zero-order chi connectivity index (χ0) is 15.2. The third-order valence-corrected chi connectivity index (χ3v) is 3.14. The Morgan fingerprint density at radius 2 is 1.67 bits per heavy atom. The molecule has 2 aromatic rings. The highest BCUT2D eigenvalue weighted by Gasteiger charge is 2.18. The number of rotatable bonds is 5. The number of ketones is 1. The van der Waals surface area contributed by atoms with Crippen molar-refractivity contribution in [2.24, 2.45) is 0 Å². The van der Waals surface area contributed by atoms with E-state index >= 15 is 0 Å². The summed E-state index contributed by atoms with van der Waals surface area (Å²) in [5, 5.41) is 2.73. The molecule has 0 aliphatic heterocycles. The van der Waals surface area contributed by atoms with Crippen molar-refractivity contribution in [1.82, 2.24) is 5.32 Å². The van der Waals surface area contributed by atoms with Crippen molar-refractivity contribution in [3.8, 4) is 0 Å². The van der Waals surface area contributed by atoms with Crippen LogP contribution in [0.5, 0.6) is 0 Å². The third kappa shape index (κ3) is 4.24. The van der Waals surface area contributed by atoms with Gasteiger partial charge < -0.3 is 5.32 Å². The molecule has 4 heteroatoms. The Kier molecular flexibility index (Phi) is 4.82. The summed E-state index contributed by atoms with van der Waals surface area (Å²) in [4.78, 5) is 23.6. The van der Waals surface area contributed by atoms with Gasteiger partial charge in [0.25, 0.3) is 0 Å². The molecule has 0 radical (unpaired) electrons. The third-order valence-electron chi connectivity index (χ3n) is 3.14. The van der Waals surface area contributed by atoms with Crippen molar-refractivity contribution in [3.63, 3.8) is 0 Å². The summed E-state index contributed by atoms with van der Waals surface area (Å²) in [6, 6.07) is 14.2. The van der Waals surface area contributed by atoms with Gasteiger partial charge in [0.05, 0.1) is 6.04 Å². The van der Waals surface area contributed by atoms with Crippen LogP contribution in [0.2, 0.25) is 0 Å². The minimum absolute atomic E-state index is 0.0707. The molecule has 0 spiro atoms. The first-order valence-electron chi connectivity index (χ1n) is 6.67. The van der Waals surface area contributed by atoms with Crippen LogP contribution in [0.3, 0.4) is 0 Å². The van der Waals surface area contributed by atoms with Gasteiger partial charge in [-0.3, -0.25) is 9.59 Å². The fraction of sp³-hybridized carbons (Fsp3) is 0.176. The Morgan fingerprint density at radius 3 is 2.24 bits per heavy atom. The molecular formula is C17H16FNO2. The molecule has 2 aromatic carbocycles. The topological polar surface area (TPSA) is 46.2 Å². The lowest BCUT2D eigenvalue weighted by molar-refractivity contribution is -0.119. The average molecular weight is 285 g/mol. The normalized spacial score (nSPS) is 11.7. The molecule has 3 nitrogen and oxygen atoms in total. The van der Waals surface area contributed by atoms with Gasteiger partial charge in [0.15, 0.2) is 5.78 Å². The zero-order valence-corrected chi connectivity index (χ0v) is 11.7. The standard InChI is InChI=1S/C17H16FNO2/c1-12(20)19-16(13-7-9-15(18)10-8-13)11-17(21)14-5-3-2-4-6-14/h2-10,16H,11H2,1H3,(H,19,20)/t16-/m0/s1. The number of amides is 1. The van der Waals surface area contributed by atoms with E-state index in [0.717, 1.165) is 0 Å². The highest BCUT2D eigenvalue weighted by atomic mass is 19.1. The number of halogens is 1. The Hall–Kier alpha value is -2.49. The van der Waals surface area contributed by atoms with Crippen LogP contribution in [-0.4, -0.2) is 11.7 Å². The number of nitrogens with one attached hydrogen (secondary N) is 1. The second-order valence-corrected chi connectivity index (χ2v) is 4.80. The molecule has 0 aromatic heterocycles. The average Bonchev–Trinajstić information content (AvgIpc) is 2.48. The van der Waals surface area contributed by atoms with Crippen LogP contribution in [0.15, 0.2) is 54.6 Å². The first kappa shape index (κ1) is 14.9. The number of benzene rings is 2. The second-order valence-electron chi connectivity index (χ2n) is 4.80. The maximum absolute atomic E-state index is 13.0. The first-order chi connectivity index (χ1) is 10.1. The Balaban J connectivity index is 2.18. The van der Waals surface area contributed by atoms with E-state index in [2.05, 4.69) is 5.32 Å². The number of carbonyl (C=O) groups excluding carboxylic acids is 2. The smallest absolute Gasteiger partial charge is 0.217 e. The number of hydrogen-bond donors (Lipinski definition) is 1. The summed E-state index contributed by atoms with van der Waals surface area (Å²) >= 11 is 0. The molecule has 0 saturated carbocycles. The van der Waals surface area contributed by atoms with Crippen LogP contribution in [0.25, 0.3) is 0 Å². The molecule has 21 heavy (non-hydrogen) atoms. The lowest BCUT2D eigenvalue weighted by Crippen LogP contribution is -2.28. The molecule has 1 atom stereocenters. The molecule has 0 aliphatic carbocycles. The lowest BCUT2D eigenvalue weighted by atomic mass is 9.98. The van der Waals surface area contributed by atoms with E-state index in [-0.39, 0.29) is 23.9 Å². The summed E-state index contributed by atoms with van der Waals surface area (Å²) < 4.78 is 13.0. The van der Waals surface area contributed by atoms with Gasteiger partial charge in [0.2, 0.25) is 5.91 Å². The van der Waals surface area contributed by atoms with Crippen LogP contribution in [0.4, 0.5) is 4.39 Å². The molecule has 1 N–H and O–H groups in total. The van der Waals surface area contributed by atoms with Gasteiger partial charge in [-0.1, -0.05) is 42.5 Å². The van der Waals surface area contributed by atoms with Crippen molar-refractivity contribution in [2.45, 2.75) is 19.4 Å². The predicted molar refractivity (Wildman–Crippen MR) is 78.3 cm³/mol. The Morgan fingerprint density at radius 1 is 1.05 bits per heavy atom. The SMILES string of the molecule is CC(=O)N[C@@H](CC(=O)c1ccccc1)c1ccc(F)cc1. The summed E-state index contributed by atoms with van der Waals surface area (Å²) in [6.07, 6.45) is 0.134. The van der Waals surface area contributed by atoms with Crippen LogP contribution in [-0.2, 0) is 4.79 Å². The van der Waals surface area contributed by atoms with Gasteiger partial charge >= 0.3 is 0 Å². The summed E-state index contributed by atoms with van der Waals surface area (Å²) in [5.74, 6) is -0.654. The molecule has 0 unspecified atom stereocenters. The number of Topliss-reactive ketones (excluding diaryl/α,β-unsaturated/α-hetero) is 1. The van der Waals surface area contributed by atoms with Gasteiger partial charge in [-0.2, -0.15) is 0 Å². The van der Waals surface area contributed by atoms with Crippen LogP contribution in [0, 0.1) is 5.82 Å². The molecule has 0 bridgehead atoms. The highest BCUT2D eigenvalue weighted by molar-refractivity contribution is 5.96. The molecular weight excluding hydrogens is 269 g/mol. The van der Waals surface area contributed by atoms with E-state index in [1.807, 2.05) is 6.07 Å². The van der Waals surface area contributed by atoms with Crippen LogP contribution < -0.4 is 5.32 Å². The van der Waals surface area contributed by atoms with Crippen molar-refractivity contribution in [1.29, 1.82) is 0 Å². The molecule has 0 aliphatic rings. The minimum atomic E-state index is -0.462. The van der Waals surface area contributed by atoms with Crippen molar-refractivity contribution >= 4 is 11.7 Å². The van der Waals surface area contributed by atoms with Gasteiger partial charge in [0, 0.05) is 18.9 Å². The maximum Gasteiger partial charge on any atom is 0.217 e. The largest absolute Gasteiger partial charge is 0.349 e. The highest BCUT2D eigenvalue weighted by Crippen LogP contribution is 2.20. The van der Waals surface area contributed by atoms with E-state index in [4.69, 9.17) is 0 Å². The van der Waals surface area contributed by atoms with Gasteiger partial charge in [-0.25, -0.2) is 4.39 Å². The van der Waals surface area contributed by atoms with Crippen molar-refractivity contribution in [3.05, 3.63) is 71.5 Å². The molecule has 2 rings (SSSR count). The molecule has 0 heterocycles. The summed E-state index contributed by atoms with van der Waals surface area (Å²) in [7, 11) is 0. The van der Waals surface area contributed by atoms with E-state index in [0.29, 0.717) is 11.1 Å². The van der Waals surface area contributed by atoms with Crippen LogP contribution in [0.1, 0.15) is 35.3 Å². The van der Waals surface area contributed by atoms with Gasteiger partial charge in [0.1, 0.15) is 5.82 Å². The van der Waals surface area contributed by atoms with E-state index in [9.17, 15) is 14.0 Å². The Bertz CT molecular complexity index is 623. The monoisotopic (exact) mass is 285 g/mol. The van der Waals surface area contributed by atoms with E-state index < -0.39 is 6.04 Å². The quantitative estimate of drug-likeness (QED) is 0.857. The van der Waals surface area contributed by atoms with Crippen LogP contribution >= 0.6 is 0 Å². The molecule has 0 fully saturated rings. The van der Waals surface area contributed by atoms with Gasteiger partial charge in [-0.05, 0) is 17.7 Å². The van der Waals surface area contributed by atoms with Crippen molar-refractivity contribution < 1.29 is 14.0 Å². The van der Waals surface area contributed by atoms with Crippen molar-refractivity contribution in [2.75, 3.05) is 0 Å². The van der Waals surface area contributed by atoms with E-state index in [1.54, 1.807) is 36.4 Å². The molecule has 0 saturated heterocycles. The van der Waals surface area contributed by atoms with E-state index in [1.165, 1.54) is 19.1 Å². The number of hydrogen-bond acceptors (Lipinski definition) is 2. The zero-order valence-electron chi connectivity index (χ0n) is 11.7. The number of carbonyl (C=O) groups is 2.